The number of ether oxygens (including phenoxy) is 1. The lowest BCUT2D eigenvalue weighted by molar-refractivity contribution is -0.0528. The summed E-state index contributed by atoms with van der Waals surface area (Å²) in [6.07, 6.45) is -4.42. The van der Waals surface area contributed by atoms with Crippen LogP contribution < -0.4 is 11.2 Å². The Morgan fingerprint density at radius 2 is 2.00 bits per heavy atom. The number of aromatic nitrogens is 4. The first-order valence-corrected chi connectivity index (χ1v) is 7.74. The number of nitrogens with zero attached hydrogens (tertiary/aromatic N) is 3. The Bertz CT molecular complexity index is 868. The molecular formula is C14H20N4O6. The number of aliphatic hydroxyl groups is 3. The molecule has 4 unspecified atom stereocenters. The van der Waals surface area contributed by atoms with Gasteiger partial charge in [-0.25, -0.2) is 14.3 Å². The molecule has 3 rings (SSSR count). The normalized spacial score (nSPS) is 27.2. The van der Waals surface area contributed by atoms with Crippen LogP contribution in [0.15, 0.2) is 9.59 Å². The highest BCUT2D eigenvalue weighted by Crippen LogP contribution is 2.30. The molecule has 1 saturated heterocycles. The van der Waals surface area contributed by atoms with Gasteiger partial charge in [0.1, 0.15) is 24.1 Å². The molecule has 0 radical (unpaired) electrons. The Morgan fingerprint density at radius 3 is 2.58 bits per heavy atom. The summed E-state index contributed by atoms with van der Waals surface area (Å²) in [5.74, 6) is 0.307. The average molecular weight is 340 g/mol. The van der Waals surface area contributed by atoms with Crippen LogP contribution in [0.5, 0.6) is 0 Å². The first kappa shape index (κ1) is 16.8. The van der Waals surface area contributed by atoms with E-state index in [1.807, 2.05) is 6.92 Å². The van der Waals surface area contributed by atoms with Crippen LogP contribution in [-0.2, 0) is 11.3 Å². The van der Waals surface area contributed by atoms with Crippen molar-refractivity contribution in [3.63, 3.8) is 0 Å². The van der Waals surface area contributed by atoms with Gasteiger partial charge in [0.2, 0.25) is 0 Å². The fourth-order valence-electron chi connectivity index (χ4n) is 3.05. The maximum atomic E-state index is 12.8. The zero-order valence-electron chi connectivity index (χ0n) is 13.3. The molecule has 4 N–H and O–H groups in total. The van der Waals surface area contributed by atoms with E-state index >= 15 is 0 Å². The van der Waals surface area contributed by atoms with Gasteiger partial charge in [-0.1, -0.05) is 6.92 Å². The smallest absolute Gasteiger partial charge is 0.332 e. The van der Waals surface area contributed by atoms with Crippen LogP contribution in [-0.4, -0.2) is 59.3 Å². The second kappa shape index (κ2) is 6.13. The molecule has 2 aromatic rings. The molecule has 0 aliphatic carbocycles. The summed E-state index contributed by atoms with van der Waals surface area (Å²) in [6, 6.07) is 0. The van der Waals surface area contributed by atoms with Crippen LogP contribution in [0.2, 0.25) is 0 Å². The molecule has 10 nitrogen and oxygen atoms in total. The van der Waals surface area contributed by atoms with E-state index in [0.717, 1.165) is 4.57 Å². The molecule has 132 valence electrons. The van der Waals surface area contributed by atoms with E-state index in [1.165, 1.54) is 4.57 Å². The topological polar surface area (TPSA) is 143 Å². The minimum atomic E-state index is -1.43. The Morgan fingerprint density at radius 1 is 1.29 bits per heavy atom. The molecule has 0 aromatic carbocycles. The number of hydrogen-bond acceptors (Lipinski definition) is 7. The number of H-pyrrole nitrogens is 1. The number of fused-ring (bicyclic) bond motifs is 1. The third-order valence-electron chi connectivity index (χ3n) is 4.15. The predicted molar refractivity (Wildman–Crippen MR) is 82.7 cm³/mol. The van der Waals surface area contributed by atoms with Gasteiger partial charge in [-0.3, -0.25) is 9.36 Å². The largest absolute Gasteiger partial charge is 0.394 e. The molecule has 0 amide bonds. The number of aryl methyl sites for hydroxylation is 2. The van der Waals surface area contributed by atoms with E-state index in [2.05, 4.69) is 9.97 Å². The second-order valence-corrected chi connectivity index (χ2v) is 5.86. The lowest BCUT2D eigenvalue weighted by Gasteiger charge is -2.15. The highest BCUT2D eigenvalue weighted by atomic mass is 16.6. The standard InChI is InChI=1S/C14H20N4O6/c1-3-4-17-8-11(15-6(2)16-12(8)22)18(14(17)23)13-10(21)9(20)7(5-19)24-13/h7,9-10,13,19-21H,3-5H2,1-2H3,(H,15,16,22). The molecule has 3 heterocycles. The first-order valence-electron chi connectivity index (χ1n) is 7.74. The zero-order valence-corrected chi connectivity index (χ0v) is 13.3. The van der Waals surface area contributed by atoms with Crippen molar-refractivity contribution in [3.05, 3.63) is 26.7 Å². The van der Waals surface area contributed by atoms with Crippen LogP contribution >= 0.6 is 0 Å². The maximum absolute atomic E-state index is 12.8. The van der Waals surface area contributed by atoms with E-state index in [1.54, 1.807) is 6.92 Å². The van der Waals surface area contributed by atoms with E-state index in [-0.39, 0.29) is 11.2 Å². The van der Waals surface area contributed by atoms with Crippen molar-refractivity contribution >= 4 is 11.2 Å². The minimum Gasteiger partial charge on any atom is -0.394 e. The van der Waals surface area contributed by atoms with Crippen LogP contribution in [0.4, 0.5) is 0 Å². The van der Waals surface area contributed by atoms with Crippen LogP contribution in [0, 0.1) is 6.92 Å². The fourth-order valence-corrected chi connectivity index (χ4v) is 3.05. The maximum Gasteiger partial charge on any atom is 0.332 e. The number of rotatable bonds is 4. The third-order valence-corrected chi connectivity index (χ3v) is 4.15. The summed E-state index contributed by atoms with van der Waals surface area (Å²) in [7, 11) is 0. The van der Waals surface area contributed by atoms with E-state index < -0.39 is 42.4 Å². The Kier molecular flexibility index (Phi) is 4.30. The predicted octanol–water partition coefficient (Wildman–Crippen LogP) is -1.78. The molecule has 2 aromatic heterocycles. The minimum absolute atomic E-state index is 0.0736. The molecule has 1 aliphatic heterocycles. The Hall–Kier alpha value is -2.01. The SMILES string of the molecule is CCCn1c(=O)n(C2OC(CO)C(O)C2O)c2nc(C)[nH]c(=O)c21. The van der Waals surface area contributed by atoms with Crippen molar-refractivity contribution in [3.8, 4) is 0 Å². The van der Waals surface area contributed by atoms with Crippen LogP contribution in [0.25, 0.3) is 11.2 Å². The van der Waals surface area contributed by atoms with Gasteiger partial charge in [0.05, 0.1) is 6.61 Å². The van der Waals surface area contributed by atoms with E-state index in [9.17, 15) is 24.9 Å². The highest BCUT2D eigenvalue weighted by Gasteiger charge is 2.45. The molecule has 1 aliphatic rings. The number of hydrogen-bond donors (Lipinski definition) is 4. The highest BCUT2D eigenvalue weighted by molar-refractivity contribution is 5.70. The van der Waals surface area contributed by atoms with Gasteiger partial charge in [-0.05, 0) is 13.3 Å². The molecule has 24 heavy (non-hydrogen) atoms. The second-order valence-electron chi connectivity index (χ2n) is 5.86. The van der Waals surface area contributed by atoms with Gasteiger partial charge in [0.15, 0.2) is 17.4 Å². The molecular weight excluding hydrogens is 320 g/mol. The van der Waals surface area contributed by atoms with Crippen LogP contribution in [0.1, 0.15) is 25.4 Å². The lowest BCUT2D eigenvalue weighted by Crippen LogP contribution is -2.36. The van der Waals surface area contributed by atoms with Crippen molar-refractivity contribution in [2.45, 2.75) is 51.4 Å². The number of nitrogens with one attached hydrogen (secondary N) is 1. The van der Waals surface area contributed by atoms with Crippen molar-refractivity contribution < 1.29 is 20.1 Å². The molecule has 0 bridgehead atoms. The lowest BCUT2D eigenvalue weighted by atomic mass is 10.1. The summed E-state index contributed by atoms with van der Waals surface area (Å²) in [4.78, 5) is 31.8. The number of imidazole rings is 1. The molecule has 0 spiro atoms. The summed E-state index contributed by atoms with van der Waals surface area (Å²) in [5, 5.41) is 29.4. The molecule has 1 fully saturated rings. The molecule has 4 atom stereocenters. The van der Waals surface area contributed by atoms with E-state index in [0.29, 0.717) is 18.8 Å². The molecule has 0 saturated carbocycles. The van der Waals surface area contributed by atoms with Gasteiger partial charge >= 0.3 is 5.69 Å². The third kappa shape index (κ3) is 2.38. The van der Waals surface area contributed by atoms with Crippen molar-refractivity contribution in [1.82, 2.24) is 19.1 Å². The summed E-state index contributed by atoms with van der Waals surface area (Å²) in [6.45, 7) is 3.22. The Labute approximate surface area is 135 Å². The van der Waals surface area contributed by atoms with Crippen molar-refractivity contribution in [1.29, 1.82) is 0 Å². The van der Waals surface area contributed by atoms with Crippen molar-refractivity contribution in [2.24, 2.45) is 0 Å². The summed E-state index contributed by atoms with van der Waals surface area (Å²) >= 11 is 0. The zero-order chi connectivity index (χ0) is 17.6. The number of aromatic amines is 1. The van der Waals surface area contributed by atoms with Gasteiger partial charge in [-0.2, -0.15) is 0 Å². The van der Waals surface area contributed by atoms with Gasteiger partial charge in [0, 0.05) is 6.54 Å². The van der Waals surface area contributed by atoms with Gasteiger partial charge in [0.25, 0.3) is 5.56 Å². The fraction of sp³-hybridized carbons (Fsp3) is 0.643. The quantitative estimate of drug-likeness (QED) is 0.515. The summed E-state index contributed by atoms with van der Waals surface area (Å²) in [5.41, 5.74) is -0.867. The van der Waals surface area contributed by atoms with Gasteiger partial charge < -0.3 is 25.0 Å². The monoisotopic (exact) mass is 340 g/mol. The Balaban J connectivity index is 2.27. The molecule has 10 heteroatoms. The number of aliphatic hydroxyl groups excluding tert-OH is 3. The first-order chi connectivity index (χ1) is 11.4. The van der Waals surface area contributed by atoms with Crippen molar-refractivity contribution in [2.75, 3.05) is 6.61 Å². The van der Waals surface area contributed by atoms with E-state index in [4.69, 9.17) is 4.74 Å². The average Bonchev–Trinajstić information content (AvgIpc) is 2.96. The van der Waals surface area contributed by atoms with Gasteiger partial charge in [-0.15, -0.1) is 0 Å². The summed E-state index contributed by atoms with van der Waals surface area (Å²) < 4.78 is 7.77. The van der Waals surface area contributed by atoms with Crippen LogP contribution in [0.3, 0.4) is 0 Å².